The Kier molecular flexibility index (Phi) is 9.46. The zero-order valence-electron chi connectivity index (χ0n) is 20.9. The van der Waals surface area contributed by atoms with Crippen LogP contribution in [0.5, 0.6) is 0 Å². The van der Waals surface area contributed by atoms with Crippen LogP contribution in [0.15, 0.2) is 0 Å². The van der Waals surface area contributed by atoms with Crippen molar-refractivity contribution in [3.63, 3.8) is 0 Å². The van der Waals surface area contributed by atoms with Crippen LogP contribution in [0.4, 0.5) is 0 Å². The van der Waals surface area contributed by atoms with Crippen molar-refractivity contribution in [2.75, 3.05) is 6.61 Å². The number of carbonyl (C=O) groups is 2. The van der Waals surface area contributed by atoms with Gasteiger partial charge in [-0.05, 0) is 99.2 Å². The molecule has 0 bridgehead atoms. The van der Waals surface area contributed by atoms with E-state index < -0.39 is 11.6 Å². The molecule has 8 atom stereocenters. The minimum absolute atomic E-state index is 0. The Morgan fingerprint density at radius 2 is 1.67 bits per heavy atom. The van der Waals surface area contributed by atoms with E-state index in [4.69, 9.17) is 4.74 Å². The fraction of sp³-hybridized carbons (Fsp3) is 0.885. The molecule has 4 aliphatic rings. The van der Waals surface area contributed by atoms with Crippen molar-refractivity contribution in [3.05, 3.63) is 0 Å². The van der Waals surface area contributed by atoms with Gasteiger partial charge in [-0.3, -0.25) is 15.9 Å². The Morgan fingerprint density at radius 3 is 2.36 bits per heavy atom. The topological polar surface area (TPSA) is 111 Å². The molecule has 6 nitrogen and oxygen atoms in total. The van der Waals surface area contributed by atoms with Crippen molar-refractivity contribution < 1.29 is 59.3 Å². The third kappa shape index (κ3) is 5.30. The maximum absolute atomic E-state index is 13.0. The standard InChI is InChI=1S/C26H39O5.Na.H2O/c1-24(30)12-13-25(2)17(15-24)6-7-18-19-8-9-21(26(19,3)11-10-20(18)25)22(28)16-31-23(29)5-4-14-27;;/h17-21,30H,4-13,15-16H2,1-3H3;;1H2/q-1;+1;/p-1/t17?,18-,19-,20?,21+,24+,25-,26-;;/m0../s1. The summed E-state index contributed by atoms with van der Waals surface area (Å²) in [6.07, 6.45) is 11.3. The summed E-state index contributed by atoms with van der Waals surface area (Å²) in [7, 11) is 0. The average molecular weight is 472 g/mol. The van der Waals surface area contributed by atoms with E-state index in [-0.39, 0.29) is 71.6 Å². The molecule has 0 amide bonds. The van der Waals surface area contributed by atoms with E-state index in [9.17, 15) is 19.5 Å². The average Bonchev–Trinajstić information content (AvgIpc) is 3.08. The van der Waals surface area contributed by atoms with Crippen molar-refractivity contribution in [2.24, 2.45) is 40.4 Å². The van der Waals surface area contributed by atoms with Crippen molar-refractivity contribution in [1.29, 1.82) is 0 Å². The minimum Gasteiger partial charge on any atom is -0.870 e. The number of carbonyl (C=O) groups excluding carboxylic acids is 3. The zero-order chi connectivity index (χ0) is 22.4. The van der Waals surface area contributed by atoms with Crippen LogP contribution in [0.2, 0.25) is 0 Å². The maximum Gasteiger partial charge on any atom is 1.00 e. The van der Waals surface area contributed by atoms with Crippen LogP contribution >= 0.6 is 0 Å². The van der Waals surface area contributed by atoms with Gasteiger partial charge in [0.2, 0.25) is 0 Å². The van der Waals surface area contributed by atoms with Gasteiger partial charge >= 0.3 is 35.5 Å². The van der Waals surface area contributed by atoms with E-state index in [1.54, 1.807) is 6.29 Å². The normalized spacial score (nSPS) is 43.6. The third-order valence-corrected chi connectivity index (χ3v) is 10.1. The molecule has 33 heavy (non-hydrogen) atoms. The van der Waals surface area contributed by atoms with E-state index in [0.29, 0.717) is 29.1 Å². The number of hydrogen-bond acceptors (Lipinski definition) is 6. The van der Waals surface area contributed by atoms with Gasteiger partial charge in [0.15, 0.2) is 5.78 Å². The van der Waals surface area contributed by atoms with Crippen LogP contribution in [-0.2, 0) is 19.1 Å². The molecule has 0 radical (unpaired) electrons. The SMILES string of the molecule is C[C@@]1(O)CC[C@@]2(C)C(CC[C@@H]3C2CC[C@]2(C)[C@@H](C(=O)COC(=O)CC[C-]=O)CC[C@@H]32)C1.[Na+].[OH-]. The van der Waals surface area contributed by atoms with Crippen LogP contribution < -0.4 is 29.6 Å². The molecule has 7 heteroatoms. The number of Topliss-reactive ketones (excluding diaryl/α,β-unsaturated/α-hetero) is 1. The molecular formula is C26H40NaO6-. The second-order valence-electron chi connectivity index (χ2n) is 11.8. The van der Waals surface area contributed by atoms with E-state index in [1.165, 1.54) is 19.3 Å². The molecule has 0 saturated heterocycles. The molecule has 2 N–H and O–H groups in total. The van der Waals surface area contributed by atoms with Crippen LogP contribution in [0.25, 0.3) is 0 Å². The smallest absolute Gasteiger partial charge is 0.870 e. The molecule has 0 heterocycles. The molecule has 0 aromatic carbocycles. The van der Waals surface area contributed by atoms with Crippen molar-refractivity contribution >= 4 is 18.0 Å². The first-order chi connectivity index (χ1) is 14.6. The summed E-state index contributed by atoms with van der Waals surface area (Å²) in [6.45, 7) is 6.65. The van der Waals surface area contributed by atoms with Crippen molar-refractivity contribution in [3.8, 4) is 0 Å². The van der Waals surface area contributed by atoms with Gasteiger partial charge < -0.3 is 20.1 Å². The summed E-state index contributed by atoms with van der Waals surface area (Å²) in [5, 5.41) is 10.7. The Bertz CT molecular complexity index is 738. The Balaban J connectivity index is 0.00000193. The van der Waals surface area contributed by atoms with Crippen LogP contribution in [0, 0.1) is 40.4 Å². The fourth-order valence-corrected chi connectivity index (χ4v) is 8.44. The van der Waals surface area contributed by atoms with E-state index in [0.717, 1.165) is 38.5 Å². The molecule has 4 rings (SSSR count). The number of ketones is 1. The fourth-order valence-electron chi connectivity index (χ4n) is 8.44. The maximum atomic E-state index is 13.0. The summed E-state index contributed by atoms with van der Waals surface area (Å²) in [4.78, 5) is 35.0. The van der Waals surface area contributed by atoms with Gasteiger partial charge in [-0.25, -0.2) is 0 Å². The molecule has 4 fully saturated rings. The summed E-state index contributed by atoms with van der Waals surface area (Å²) >= 11 is 0. The van der Waals surface area contributed by atoms with Crippen LogP contribution in [-0.4, -0.2) is 40.8 Å². The Labute approximate surface area is 220 Å². The summed E-state index contributed by atoms with van der Waals surface area (Å²) in [5.41, 5.74) is -0.184. The van der Waals surface area contributed by atoms with Gasteiger partial charge in [0.25, 0.3) is 0 Å². The van der Waals surface area contributed by atoms with Gasteiger partial charge in [0.1, 0.15) is 6.61 Å². The minimum atomic E-state index is -0.508. The van der Waals surface area contributed by atoms with Crippen molar-refractivity contribution in [1.82, 2.24) is 0 Å². The first kappa shape index (κ1) is 29.0. The number of hydrogen-bond donors (Lipinski definition) is 1. The molecular weight excluding hydrogens is 431 g/mol. The molecule has 0 spiro atoms. The van der Waals surface area contributed by atoms with E-state index in [2.05, 4.69) is 13.8 Å². The largest absolute Gasteiger partial charge is 1.00 e. The summed E-state index contributed by atoms with van der Waals surface area (Å²) < 4.78 is 5.16. The Hall–Kier alpha value is -0.270. The number of fused-ring (bicyclic) bond motifs is 5. The second kappa shape index (κ2) is 10.8. The molecule has 0 aromatic rings. The molecule has 2 unspecified atom stereocenters. The predicted octanol–water partition coefficient (Wildman–Crippen LogP) is 1.23. The molecule has 0 aromatic heterocycles. The van der Waals surface area contributed by atoms with Gasteiger partial charge in [-0.2, -0.15) is 0 Å². The monoisotopic (exact) mass is 471 g/mol. The number of esters is 1. The first-order valence-corrected chi connectivity index (χ1v) is 12.4. The van der Waals surface area contributed by atoms with E-state index in [1.807, 2.05) is 6.92 Å². The third-order valence-electron chi connectivity index (χ3n) is 10.1. The first-order valence-electron chi connectivity index (χ1n) is 12.4. The van der Waals surface area contributed by atoms with Gasteiger partial charge in [0.05, 0.1) is 5.60 Å². The van der Waals surface area contributed by atoms with E-state index >= 15 is 0 Å². The number of rotatable bonds is 6. The number of aliphatic hydroxyl groups is 1. The quantitative estimate of drug-likeness (QED) is 0.354. The summed E-state index contributed by atoms with van der Waals surface area (Å²) in [6, 6.07) is 0. The van der Waals surface area contributed by atoms with Crippen LogP contribution in [0.3, 0.4) is 0 Å². The zero-order valence-corrected chi connectivity index (χ0v) is 22.9. The van der Waals surface area contributed by atoms with Gasteiger partial charge in [-0.1, -0.05) is 13.8 Å². The van der Waals surface area contributed by atoms with Crippen LogP contribution in [0.1, 0.15) is 91.4 Å². The van der Waals surface area contributed by atoms with Gasteiger partial charge in [0, 0.05) is 12.3 Å². The molecule has 0 aliphatic heterocycles. The Morgan fingerprint density at radius 1 is 0.970 bits per heavy atom. The number of ether oxygens (including phenoxy) is 1. The van der Waals surface area contributed by atoms with Crippen molar-refractivity contribution in [2.45, 2.75) is 97.0 Å². The predicted molar refractivity (Wildman–Crippen MR) is 119 cm³/mol. The molecule has 182 valence electrons. The van der Waals surface area contributed by atoms with Gasteiger partial charge in [-0.15, -0.1) is 6.42 Å². The molecule has 4 aliphatic carbocycles. The molecule has 4 saturated carbocycles. The summed E-state index contributed by atoms with van der Waals surface area (Å²) in [5.74, 6) is 2.10. The second-order valence-corrected chi connectivity index (χ2v) is 11.8.